The molecule has 4 nitrogen and oxygen atoms in total. The van der Waals surface area contributed by atoms with Gasteiger partial charge in [-0.25, -0.2) is 0 Å². The van der Waals surface area contributed by atoms with Crippen LogP contribution in [0.5, 0.6) is 0 Å². The number of hydrogen-bond acceptors (Lipinski definition) is 3. The Balaban J connectivity index is 2.55. The first-order valence-corrected chi connectivity index (χ1v) is 6.62. The Morgan fingerprint density at radius 3 is 2.68 bits per heavy atom. The minimum atomic E-state index is 0.143. The third-order valence-corrected chi connectivity index (χ3v) is 3.59. The predicted molar refractivity (Wildman–Crippen MR) is 79.3 cm³/mol. The molecule has 1 atom stereocenters. The molecule has 0 saturated carbocycles. The zero-order valence-corrected chi connectivity index (χ0v) is 12.3. The summed E-state index contributed by atoms with van der Waals surface area (Å²) in [4.78, 5) is 0. The predicted octanol–water partition coefficient (Wildman–Crippen LogP) is 2.55. The van der Waals surface area contributed by atoms with E-state index in [0.29, 0.717) is 11.3 Å². The molecule has 1 unspecified atom stereocenters. The van der Waals surface area contributed by atoms with Crippen molar-refractivity contribution in [2.45, 2.75) is 34.2 Å². The Kier molecular flexibility index (Phi) is 5.36. The maximum absolute atomic E-state index is 8.66. The fourth-order valence-electron chi connectivity index (χ4n) is 1.64. The van der Waals surface area contributed by atoms with Crippen LogP contribution in [0.25, 0.3) is 0 Å². The summed E-state index contributed by atoms with van der Waals surface area (Å²) in [5, 5.41) is 15.1. The lowest BCUT2D eigenvalue weighted by Gasteiger charge is -2.27. The molecule has 4 heteroatoms. The highest BCUT2D eigenvalue weighted by molar-refractivity contribution is 5.97. The monoisotopic (exact) mass is 263 g/mol. The Labute approximate surface area is 115 Å². The zero-order chi connectivity index (χ0) is 14.5. The van der Waals surface area contributed by atoms with Crippen molar-refractivity contribution in [1.82, 2.24) is 5.32 Å². The first-order valence-electron chi connectivity index (χ1n) is 6.62. The fourth-order valence-corrected chi connectivity index (χ4v) is 1.64. The molecular formula is C15H25N3O. The summed E-state index contributed by atoms with van der Waals surface area (Å²) in [6.45, 7) is 10.7. The first-order chi connectivity index (χ1) is 8.84. The third-order valence-electron chi connectivity index (χ3n) is 3.59. The molecule has 1 rings (SSSR count). The Hall–Kier alpha value is -1.55. The number of hydrogen-bond donors (Lipinski definition) is 3. The standard InChI is InChI=1S/C15H25N3O/c1-11(15(2,3)4)9-17-10-12-6-5-7-13(8-12)14(16)18-19/h5-8,11,17,19H,9-10H2,1-4H3,(H2,16,18). The number of nitrogens with two attached hydrogens (primary N) is 1. The minimum Gasteiger partial charge on any atom is -0.409 e. The largest absolute Gasteiger partial charge is 0.409 e. The maximum atomic E-state index is 8.66. The third kappa shape index (κ3) is 4.91. The molecule has 0 spiro atoms. The minimum absolute atomic E-state index is 0.143. The van der Waals surface area contributed by atoms with Crippen LogP contribution in [-0.2, 0) is 6.54 Å². The lowest BCUT2D eigenvalue weighted by atomic mass is 9.82. The molecule has 0 aliphatic heterocycles. The molecule has 0 saturated heterocycles. The molecule has 4 N–H and O–H groups in total. The summed E-state index contributed by atoms with van der Waals surface area (Å²) in [7, 11) is 0. The lowest BCUT2D eigenvalue weighted by molar-refractivity contribution is 0.252. The van der Waals surface area contributed by atoms with Crippen molar-refractivity contribution in [3.05, 3.63) is 35.4 Å². The van der Waals surface area contributed by atoms with Crippen molar-refractivity contribution in [3.8, 4) is 0 Å². The van der Waals surface area contributed by atoms with Gasteiger partial charge >= 0.3 is 0 Å². The van der Waals surface area contributed by atoms with Gasteiger partial charge in [-0.3, -0.25) is 0 Å². The first kappa shape index (κ1) is 15.5. The second-order valence-corrected chi connectivity index (χ2v) is 6.08. The fraction of sp³-hybridized carbons (Fsp3) is 0.533. The normalized spacial score (nSPS) is 14.4. The number of nitrogens with zero attached hydrogens (tertiary/aromatic N) is 1. The van der Waals surface area contributed by atoms with Crippen LogP contribution >= 0.6 is 0 Å². The van der Waals surface area contributed by atoms with Crippen LogP contribution in [-0.4, -0.2) is 17.6 Å². The lowest BCUT2D eigenvalue weighted by Crippen LogP contribution is -2.29. The van der Waals surface area contributed by atoms with E-state index in [-0.39, 0.29) is 5.84 Å². The van der Waals surface area contributed by atoms with Crippen LogP contribution < -0.4 is 11.1 Å². The van der Waals surface area contributed by atoms with Crippen LogP contribution in [0.3, 0.4) is 0 Å². The molecule has 106 valence electrons. The van der Waals surface area contributed by atoms with E-state index in [0.717, 1.165) is 24.2 Å². The summed E-state index contributed by atoms with van der Waals surface area (Å²) >= 11 is 0. The number of rotatable bonds is 5. The summed E-state index contributed by atoms with van der Waals surface area (Å²) in [6.07, 6.45) is 0. The molecule has 0 fully saturated rings. The molecule has 0 amide bonds. The van der Waals surface area contributed by atoms with E-state index in [2.05, 4.69) is 38.2 Å². The molecule has 0 aromatic heterocycles. The molecule has 0 radical (unpaired) electrons. The number of oxime groups is 1. The molecule has 1 aromatic carbocycles. The van der Waals surface area contributed by atoms with Crippen LogP contribution in [0.2, 0.25) is 0 Å². The van der Waals surface area contributed by atoms with Gasteiger partial charge in [0.1, 0.15) is 0 Å². The average Bonchev–Trinajstić information content (AvgIpc) is 2.37. The number of nitrogens with one attached hydrogen (secondary N) is 1. The second kappa shape index (κ2) is 6.57. The van der Waals surface area contributed by atoms with Gasteiger partial charge in [0.2, 0.25) is 0 Å². The smallest absolute Gasteiger partial charge is 0.170 e. The van der Waals surface area contributed by atoms with Gasteiger partial charge in [-0.2, -0.15) is 0 Å². The van der Waals surface area contributed by atoms with Crippen LogP contribution in [0.1, 0.15) is 38.8 Å². The van der Waals surface area contributed by atoms with Gasteiger partial charge in [0.25, 0.3) is 0 Å². The van der Waals surface area contributed by atoms with E-state index in [1.165, 1.54) is 0 Å². The van der Waals surface area contributed by atoms with Crippen LogP contribution in [0.4, 0.5) is 0 Å². The van der Waals surface area contributed by atoms with Gasteiger partial charge in [-0.15, -0.1) is 0 Å². The van der Waals surface area contributed by atoms with E-state index >= 15 is 0 Å². The summed E-state index contributed by atoms with van der Waals surface area (Å²) in [6, 6.07) is 7.71. The Bertz CT molecular complexity index is 435. The van der Waals surface area contributed by atoms with Gasteiger partial charge in [0.05, 0.1) is 0 Å². The van der Waals surface area contributed by atoms with Crippen molar-refractivity contribution in [3.63, 3.8) is 0 Å². The maximum Gasteiger partial charge on any atom is 0.170 e. The van der Waals surface area contributed by atoms with E-state index in [4.69, 9.17) is 10.9 Å². The summed E-state index contributed by atoms with van der Waals surface area (Å²) < 4.78 is 0. The SMILES string of the molecule is CC(CNCc1cccc(/C(N)=N/O)c1)C(C)(C)C. The molecule has 1 aromatic rings. The highest BCUT2D eigenvalue weighted by atomic mass is 16.4. The molecular weight excluding hydrogens is 238 g/mol. The van der Waals surface area contributed by atoms with E-state index in [1.807, 2.05) is 24.3 Å². The Morgan fingerprint density at radius 2 is 2.11 bits per heavy atom. The van der Waals surface area contributed by atoms with Gasteiger partial charge in [-0.05, 0) is 29.5 Å². The quantitative estimate of drug-likeness (QED) is 0.331. The topological polar surface area (TPSA) is 70.6 Å². The van der Waals surface area contributed by atoms with E-state index in [1.54, 1.807) is 0 Å². The second-order valence-electron chi connectivity index (χ2n) is 6.08. The van der Waals surface area contributed by atoms with Gasteiger partial charge in [0.15, 0.2) is 5.84 Å². The summed E-state index contributed by atoms with van der Waals surface area (Å²) in [5.74, 6) is 0.740. The molecule has 19 heavy (non-hydrogen) atoms. The van der Waals surface area contributed by atoms with Crippen molar-refractivity contribution >= 4 is 5.84 Å². The number of amidine groups is 1. The molecule has 0 bridgehead atoms. The van der Waals surface area contributed by atoms with Gasteiger partial charge in [0, 0.05) is 12.1 Å². The number of benzene rings is 1. The van der Waals surface area contributed by atoms with Crippen LogP contribution in [0, 0.1) is 11.3 Å². The molecule has 0 aliphatic rings. The highest BCUT2D eigenvalue weighted by Crippen LogP contribution is 2.24. The van der Waals surface area contributed by atoms with E-state index < -0.39 is 0 Å². The van der Waals surface area contributed by atoms with Crippen LogP contribution in [0.15, 0.2) is 29.4 Å². The zero-order valence-electron chi connectivity index (χ0n) is 12.3. The average molecular weight is 263 g/mol. The summed E-state index contributed by atoms with van der Waals surface area (Å²) in [5.41, 5.74) is 7.76. The van der Waals surface area contributed by atoms with Crippen molar-refractivity contribution in [1.29, 1.82) is 0 Å². The van der Waals surface area contributed by atoms with Crippen molar-refractivity contribution in [2.75, 3.05) is 6.54 Å². The Morgan fingerprint density at radius 1 is 1.42 bits per heavy atom. The highest BCUT2D eigenvalue weighted by Gasteiger charge is 2.19. The van der Waals surface area contributed by atoms with Crippen molar-refractivity contribution < 1.29 is 5.21 Å². The van der Waals surface area contributed by atoms with Gasteiger partial charge in [-0.1, -0.05) is 51.0 Å². The molecule has 0 aliphatic carbocycles. The van der Waals surface area contributed by atoms with Crippen molar-refractivity contribution in [2.24, 2.45) is 22.2 Å². The molecule has 0 heterocycles. The van der Waals surface area contributed by atoms with E-state index in [9.17, 15) is 0 Å². The van der Waals surface area contributed by atoms with Gasteiger partial charge < -0.3 is 16.3 Å².